The van der Waals surface area contributed by atoms with Crippen LogP contribution in [0.15, 0.2) is 31.1 Å². The van der Waals surface area contributed by atoms with Gasteiger partial charge < -0.3 is 0 Å². The highest BCUT2D eigenvalue weighted by atomic mass is 32.2. The standard InChI is InChI=1S/C13H23N3O2S/c1-3-4-5-6-7-11-19(17,18)15-13(2)12-16-10-8-9-14-16/h3,8-10,13,15H,1,4-7,11-12H2,2H3. The lowest BCUT2D eigenvalue weighted by Crippen LogP contribution is -2.37. The summed E-state index contributed by atoms with van der Waals surface area (Å²) in [6, 6.07) is 1.67. The third-order valence-corrected chi connectivity index (χ3v) is 4.31. The number of unbranched alkanes of at least 4 members (excludes halogenated alkanes) is 3. The quantitative estimate of drug-likeness (QED) is 0.528. The maximum Gasteiger partial charge on any atom is 0.211 e. The first-order chi connectivity index (χ1) is 9.03. The molecule has 0 saturated heterocycles. The van der Waals surface area contributed by atoms with Crippen LogP contribution in [0, 0.1) is 0 Å². The first kappa shape index (κ1) is 15.9. The van der Waals surface area contributed by atoms with E-state index in [1.807, 2.05) is 25.3 Å². The summed E-state index contributed by atoms with van der Waals surface area (Å²) in [7, 11) is -3.19. The molecule has 0 saturated carbocycles. The Labute approximate surface area is 115 Å². The molecule has 0 spiro atoms. The van der Waals surface area contributed by atoms with Crippen molar-refractivity contribution in [3.63, 3.8) is 0 Å². The molecule has 1 aromatic heterocycles. The Hall–Kier alpha value is -1.14. The maximum atomic E-state index is 11.8. The molecule has 1 rings (SSSR count). The summed E-state index contributed by atoms with van der Waals surface area (Å²) < 4.78 is 28.1. The molecule has 0 aromatic carbocycles. The van der Waals surface area contributed by atoms with Gasteiger partial charge in [0, 0.05) is 18.4 Å². The fourth-order valence-corrected chi connectivity index (χ4v) is 3.24. The molecule has 0 aliphatic rings. The Kier molecular flexibility index (Phi) is 6.80. The molecular weight excluding hydrogens is 262 g/mol. The van der Waals surface area contributed by atoms with Crippen LogP contribution in [-0.4, -0.2) is 30.0 Å². The van der Waals surface area contributed by atoms with Crippen LogP contribution in [0.1, 0.15) is 32.6 Å². The zero-order valence-electron chi connectivity index (χ0n) is 11.5. The van der Waals surface area contributed by atoms with E-state index in [0.717, 1.165) is 19.3 Å². The molecule has 1 aromatic rings. The summed E-state index contributed by atoms with van der Waals surface area (Å²) in [6.45, 7) is 6.03. The molecular formula is C13H23N3O2S. The Morgan fingerprint density at radius 1 is 1.42 bits per heavy atom. The lowest BCUT2D eigenvalue weighted by atomic mass is 10.2. The van der Waals surface area contributed by atoms with Gasteiger partial charge in [0.25, 0.3) is 0 Å². The first-order valence-corrected chi connectivity index (χ1v) is 8.27. The number of hydrogen-bond acceptors (Lipinski definition) is 3. The highest BCUT2D eigenvalue weighted by molar-refractivity contribution is 7.89. The number of nitrogens with one attached hydrogen (secondary N) is 1. The lowest BCUT2D eigenvalue weighted by molar-refractivity contribution is 0.492. The monoisotopic (exact) mass is 285 g/mol. The molecule has 0 radical (unpaired) electrons. The molecule has 0 aliphatic heterocycles. The summed E-state index contributed by atoms with van der Waals surface area (Å²) in [5, 5.41) is 4.05. The zero-order valence-corrected chi connectivity index (χ0v) is 12.3. The van der Waals surface area contributed by atoms with Gasteiger partial charge in [0.15, 0.2) is 0 Å². The molecule has 0 amide bonds. The average Bonchev–Trinajstić information content (AvgIpc) is 2.80. The summed E-state index contributed by atoms with van der Waals surface area (Å²) >= 11 is 0. The molecule has 19 heavy (non-hydrogen) atoms. The molecule has 5 nitrogen and oxygen atoms in total. The third kappa shape index (κ3) is 7.12. The van der Waals surface area contributed by atoms with E-state index in [4.69, 9.17) is 0 Å². The van der Waals surface area contributed by atoms with Gasteiger partial charge in [-0.05, 0) is 32.3 Å². The predicted molar refractivity (Wildman–Crippen MR) is 77.3 cm³/mol. The molecule has 0 fully saturated rings. The van der Waals surface area contributed by atoms with Crippen molar-refractivity contribution in [1.82, 2.24) is 14.5 Å². The topological polar surface area (TPSA) is 64.0 Å². The van der Waals surface area contributed by atoms with Gasteiger partial charge >= 0.3 is 0 Å². The fourth-order valence-electron chi connectivity index (χ4n) is 1.85. The molecule has 0 aliphatic carbocycles. The molecule has 1 atom stereocenters. The van der Waals surface area contributed by atoms with E-state index in [2.05, 4.69) is 16.4 Å². The van der Waals surface area contributed by atoms with Crippen LogP contribution in [0.4, 0.5) is 0 Å². The van der Waals surface area contributed by atoms with E-state index in [1.165, 1.54) is 0 Å². The zero-order chi connectivity index (χ0) is 14.1. The fraction of sp³-hybridized carbons (Fsp3) is 0.615. The maximum absolute atomic E-state index is 11.8. The van der Waals surface area contributed by atoms with Crippen molar-refractivity contribution in [3.05, 3.63) is 31.1 Å². The number of hydrogen-bond donors (Lipinski definition) is 1. The van der Waals surface area contributed by atoms with Crippen molar-refractivity contribution in [3.8, 4) is 0 Å². The van der Waals surface area contributed by atoms with Gasteiger partial charge in [-0.1, -0.05) is 12.5 Å². The number of aromatic nitrogens is 2. The molecule has 1 N–H and O–H groups in total. The Bertz CT molecular complexity index is 454. The second-order valence-corrected chi connectivity index (χ2v) is 6.58. The summed E-state index contributed by atoms with van der Waals surface area (Å²) in [6.07, 6.45) is 8.92. The highest BCUT2D eigenvalue weighted by Crippen LogP contribution is 2.03. The Balaban J connectivity index is 2.27. The van der Waals surface area contributed by atoms with Gasteiger partial charge in [0.05, 0.1) is 12.3 Å². The van der Waals surface area contributed by atoms with Crippen molar-refractivity contribution < 1.29 is 8.42 Å². The summed E-state index contributed by atoms with van der Waals surface area (Å²) in [5.41, 5.74) is 0. The van der Waals surface area contributed by atoms with E-state index >= 15 is 0 Å². The van der Waals surface area contributed by atoms with Gasteiger partial charge in [-0.25, -0.2) is 13.1 Å². The number of rotatable bonds is 10. The predicted octanol–water partition coefficient (Wildman–Crippen LogP) is 1.94. The molecule has 0 bridgehead atoms. The van der Waals surface area contributed by atoms with Crippen molar-refractivity contribution >= 4 is 10.0 Å². The van der Waals surface area contributed by atoms with E-state index < -0.39 is 10.0 Å². The molecule has 6 heteroatoms. The summed E-state index contributed by atoms with van der Waals surface area (Å²) in [5.74, 6) is 0.188. The van der Waals surface area contributed by atoms with Gasteiger partial charge in [0.1, 0.15) is 0 Å². The van der Waals surface area contributed by atoms with Gasteiger partial charge in [-0.15, -0.1) is 6.58 Å². The number of nitrogens with zero attached hydrogens (tertiary/aromatic N) is 2. The van der Waals surface area contributed by atoms with Crippen LogP contribution in [0.3, 0.4) is 0 Å². The minimum atomic E-state index is -3.19. The Morgan fingerprint density at radius 3 is 2.84 bits per heavy atom. The minimum absolute atomic E-state index is 0.155. The van der Waals surface area contributed by atoms with Gasteiger partial charge in [-0.2, -0.15) is 5.10 Å². The average molecular weight is 285 g/mol. The van der Waals surface area contributed by atoms with Crippen molar-refractivity contribution in [2.24, 2.45) is 0 Å². The molecule has 1 unspecified atom stereocenters. The van der Waals surface area contributed by atoms with E-state index in [9.17, 15) is 8.42 Å². The number of allylic oxidation sites excluding steroid dienone is 1. The normalized spacial score (nSPS) is 13.3. The minimum Gasteiger partial charge on any atom is -0.271 e. The SMILES string of the molecule is C=CCCCCCS(=O)(=O)NC(C)Cn1cccn1. The third-order valence-electron chi connectivity index (χ3n) is 2.72. The van der Waals surface area contributed by atoms with Crippen LogP contribution in [0.2, 0.25) is 0 Å². The first-order valence-electron chi connectivity index (χ1n) is 6.62. The largest absolute Gasteiger partial charge is 0.271 e. The van der Waals surface area contributed by atoms with E-state index in [-0.39, 0.29) is 11.8 Å². The smallest absolute Gasteiger partial charge is 0.211 e. The van der Waals surface area contributed by atoms with E-state index in [0.29, 0.717) is 13.0 Å². The van der Waals surface area contributed by atoms with Crippen LogP contribution < -0.4 is 4.72 Å². The second-order valence-electron chi connectivity index (χ2n) is 4.70. The number of sulfonamides is 1. The lowest BCUT2D eigenvalue weighted by Gasteiger charge is -2.14. The molecule has 1 heterocycles. The van der Waals surface area contributed by atoms with Crippen molar-refractivity contribution in [1.29, 1.82) is 0 Å². The summed E-state index contributed by atoms with van der Waals surface area (Å²) in [4.78, 5) is 0. The second kappa shape index (κ2) is 8.12. The van der Waals surface area contributed by atoms with Crippen molar-refractivity contribution in [2.75, 3.05) is 5.75 Å². The van der Waals surface area contributed by atoms with Crippen LogP contribution in [-0.2, 0) is 16.6 Å². The van der Waals surface area contributed by atoms with Crippen LogP contribution in [0.5, 0.6) is 0 Å². The molecule has 108 valence electrons. The van der Waals surface area contributed by atoms with Crippen molar-refractivity contribution in [2.45, 2.75) is 45.2 Å². The highest BCUT2D eigenvalue weighted by Gasteiger charge is 2.14. The Morgan fingerprint density at radius 2 is 2.21 bits per heavy atom. The van der Waals surface area contributed by atoms with Gasteiger partial charge in [-0.3, -0.25) is 4.68 Å². The van der Waals surface area contributed by atoms with Crippen LogP contribution >= 0.6 is 0 Å². The van der Waals surface area contributed by atoms with E-state index in [1.54, 1.807) is 10.9 Å². The van der Waals surface area contributed by atoms with Crippen LogP contribution in [0.25, 0.3) is 0 Å². The van der Waals surface area contributed by atoms with Gasteiger partial charge in [0.2, 0.25) is 10.0 Å².